The average molecular weight is 339 g/mol. The number of hydrogen-bond acceptors (Lipinski definition) is 3. The molecule has 0 spiro atoms. The van der Waals surface area contributed by atoms with E-state index in [9.17, 15) is 0 Å². The second-order valence-corrected chi connectivity index (χ2v) is 6.47. The number of nitrogens with zero attached hydrogens (tertiary/aromatic N) is 3. The molecule has 1 aromatic carbocycles. The SMILES string of the molecule is Clc1ccccc1CN[C@H]1CCCc2c1cnn2-c1ccccn1. The van der Waals surface area contributed by atoms with Crippen LogP contribution in [0, 0.1) is 0 Å². The number of hydrogen-bond donors (Lipinski definition) is 1. The van der Waals surface area contributed by atoms with Crippen molar-refractivity contribution >= 4 is 11.6 Å². The van der Waals surface area contributed by atoms with Crippen LogP contribution in [0.4, 0.5) is 0 Å². The molecule has 5 heteroatoms. The van der Waals surface area contributed by atoms with Gasteiger partial charge in [-0.25, -0.2) is 9.67 Å². The molecule has 0 saturated carbocycles. The molecule has 4 nitrogen and oxygen atoms in total. The van der Waals surface area contributed by atoms with Gasteiger partial charge in [-0.15, -0.1) is 0 Å². The van der Waals surface area contributed by atoms with Gasteiger partial charge in [0.25, 0.3) is 0 Å². The van der Waals surface area contributed by atoms with Crippen LogP contribution in [0.5, 0.6) is 0 Å². The van der Waals surface area contributed by atoms with Crippen molar-refractivity contribution < 1.29 is 0 Å². The van der Waals surface area contributed by atoms with Gasteiger partial charge in [-0.1, -0.05) is 35.9 Å². The summed E-state index contributed by atoms with van der Waals surface area (Å²) >= 11 is 6.26. The number of benzene rings is 1. The van der Waals surface area contributed by atoms with E-state index in [1.165, 1.54) is 11.3 Å². The number of fused-ring (bicyclic) bond motifs is 1. The van der Waals surface area contributed by atoms with E-state index in [-0.39, 0.29) is 0 Å². The Kier molecular flexibility index (Phi) is 4.32. The molecule has 3 aromatic rings. The Hall–Kier alpha value is -2.17. The van der Waals surface area contributed by atoms with Gasteiger partial charge in [0, 0.05) is 29.4 Å². The fourth-order valence-electron chi connectivity index (χ4n) is 3.32. The number of rotatable bonds is 4. The molecule has 0 bridgehead atoms. The molecule has 0 unspecified atom stereocenters. The highest BCUT2D eigenvalue weighted by Crippen LogP contribution is 2.31. The van der Waals surface area contributed by atoms with E-state index < -0.39 is 0 Å². The normalized spacial score (nSPS) is 16.8. The van der Waals surface area contributed by atoms with Crippen molar-refractivity contribution in [1.82, 2.24) is 20.1 Å². The summed E-state index contributed by atoms with van der Waals surface area (Å²) in [4.78, 5) is 4.42. The van der Waals surface area contributed by atoms with Gasteiger partial charge in [-0.2, -0.15) is 5.10 Å². The van der Waals surface area contributed by atoms with Crippen molar-refractivity contribution in [3.63, 3.8) is 0 Å². The standard InChI is InChI=1S/C19H19ClN4/c20-16-7-2-1-6-14(16)12-22-17-8-5-9-18-15(17)13-23-24(18)19-10-3-4-11-21-19/h1-4,6-7,10-11,13,17,22H,5,8-9,12H2/t17-/m0/s1. The van der Waals surface area contributed by atoms with E-state index in [0.29, 0.717) is 6.04 Å². The maximum absolute atomic E-state index is 6.26. The average Bonchev–Trinajstić information content (AvgIpc) is 3.06. The van der Waals surface area contributed by atoms with Gasteiger partial charge in [-0.3, -0.25) is 0 Å². The quantitative estimate of drug-likeness (QED) is 0.779. The fourth-order valence-corrected chi connectivity index (χ4v) is 3.52. The van der Waals surface area contributed by atoms with Crippen LogP contribution in [-0.2, 0) is 13.0 Å². The maximum atomic E-state index is 6.26. The van der Waals surface area contributed by atoms with Gasteiger partial charge >= 0.3 is 0 Å². The molecule has 1 aliphatic rings. The monoisotopic (exact) mass is 338 g/mol. The van der Waals surface area contributed by atoms with Crippen molar-refractivity contribution in [3.05, 3.63) is 76.7 Å². The zero-order valence-corrected chi connectivity index (χ0v) is 14.1. The molecule has 1 N–H and O–H groups in total. The summed E-state index contributed by atoms with van der Waals surface area (Å²) in [5.74, 6) is 0.880. The van der Waals surface area contributed by atoms with E-state index in [4.69, 9.17) is 11.6 Å². The van der Waals surface area contributed by atoms with Crippen molar-refractivity contribution in [2.45, 2.75) is 31.8 Å². The van der Waals surface area contributed by atoms with Crippen molar-refractivity contribution in [2.75, 3.05) is 0 Å². The highest BCUT2D eigenvalue weighted by Gasteiger charge is 2.24. The van der Waals surface area contributed by atoms with Gasteiger partial charge < -0.3 is 5.32 Å². The smallest absolute Gasteiger partial charge is 0.153 e. The molecule has 2 aromatic heterocycles. The summed E-state index contributed by atoms with van der Waals surface area (Å²) in [6.07, 6.45) is 7.08. The third-order valence-electron chi connectivity index (χ3n) is 4.55. The van der Waals surface area contributed by atoms with E-state index in [0.717, 1.165) is 42.2 Å². The minimum absolute atomic E-state index is 0.308. The van der Waals surface area contributed by atoms with Crippen LogP contribution in [-0.4, -0.2) is 14.8 Å². The first-order chi connectivity index (χ1) is 11.8. The number of nitrogens with one attached hydrogen (secondary N) is 1. The molecule has 0 amide bonds. The van der Waals surface area contributed by atoms with Crippen LogP contribution in [0.1, 0.15) is 35.7 Å². The van der Waals surface area contributed by atoms with E-state index >= 15 is 0 Å². The Balaban J connectivity index is 1.56. The van der Waals surface area contributed by atoms with Crippen molar-refractivity contribution in [3.8, 4) is 5.82 Å². The topological polar surface area (TPSA) is 42.7 Å². The van der Waals surface area contributed by atoms with Crippen LogP contribution >= 0.6 is 11.6 Å². The van der Waals surface area contributed by atoms with Gasteiger partial charge in [-0.05, 0) is 43.0 Å². The van der Waals surface area contributed by atoms with Gasteiger partial charge in [0.05, 0.1) is 11.9 Å². The lowest BCUT2D eigenvalue weighted by Crippen LogP contribution is -2.25. The van der Waals surface area contributed by atoms with Crippen molar-refractivity contribution in [2.24, 2.45) is 0 Å². The predicted octanol–water partition coefficient (Wildman–Crippen LogP) is 4.09. The zero-order chi connectivity index (χ0) is 16.4. The lowest BCUT2D eigenvalue weighted by Gasteiger charge is -2.24. The molecule has 2 heterocycles. The molecule has 4 rings (SSSR count). The number of aromatic nitrogens is 3. The van der Waals surface area contributed by atoms with Crippen LogP contribution in [0.2, 0.25) is 5.02 Å². The molecular weight excluding hydrogens is 320 g/mol. The van der Waals surface area contributed by atoms with Gasteiger partial charge in [0.1, 0.15) is 0 Å². The van der Waals surface area contributed by atoms with E-state index in [1.807, 2.05) is 47.3 Å². The molecule has 1 atom stereocenters. The fraction of sp³-hybridized carbons (Fsp3) is 0.263. The minimum Gasteiger partial charge on any atom is -0.306 e. The number of pyridine rings is 1. The molecule has 0 radical (unpaired) electrons. The second kappa shape index (κ2) is 6.75. The Morgan fingerprint density at radius 3 is 2.88 bits per heavy atom. The van der Waals surface area contributed by atoms with Gasteiger partial charge in [0.2, 0.25) is 0 Å². The van der Waals surface area contributed by atoms with Gasteiger partial charge in [0.15, 0.2) is 5.82 Å². The zero-order valence-electron chi connectivity index (χ0n) is 13.3. The Morgan fingerprint density at radius 1 is 1.17 bits per heavy atom. The summed E-state index contributed by atoms with van der Waals surface area (Å²) in [5, 5.41) is 9.03. The highest BCUT2D eigenvalue weighted by molar-refractivity contribution is 6.31. The molecule has 1 aliphatic carbocycles. The summed E-state index contributed by atoms with van der Waals surface area (Å²) in [6.45, 7) is 0.762. The summed E-state index contributed by atoms with van der Waals surface area (Å²) in [7, 11) is 0. The molecule has 0 fully saturated rings. The molecule has 122 valence electrons. The first kappa shape index (κ1) is 15.4. The predicted molar refractivity (Wildman–Crippen MR) is 95.3 cm³/mol. The Bertz CT molecular complexity index is 828. The second-order valence-electron chi connectivity index (χ2n) is 6.06. The first-order valence-corrected chi connectivity index (χ1v) is 8.66. The lowest BCUT2D eigenvalue weighted by atomic mass is 9.92. The summed E-state index contributed by atoms with van der Waals surface area (Å²) in [5.41, 5.74) is 3.67. The molecular formula is C19H19ClN4. The largest absolute Gasteiger partial charge is 0.306 e. The van der Waals surface area contributed by atoms with Crippen molar-refractivity contribution in [1.29, 1.82) is 0 Å². The van der Waals surface area contributed by atoms with E-state index in [2.05, 4.69) is 21.5 Å². The first-order valence-electron chi connectivity index (χ1n) is 8.28. The Labute approximate surface area is 146 Å². The van der Waals surface area contributed by atoms with E-state index in [1.54, 1.807) is 6.20 Å². The number of halogens is 1. The summed E-state index contributed by atoms with van der Waals surface area (Å²) in [6, 6.07) is 14.2. The lowest BCUT2D eigenvalue weighted by molar-refractivity contribution is 0.454. The molecule has 0 aliphatic heterocycles. The minimum atomic E-state index is 0.308. The van der Waals surface area contributed by atoms with Crippen LogP contribution < -0.4 is 5.32 Å². The van der Waals surface area contributed by atoms with Crippen LogP contribution in [0.25, 0.3) is 5.82 Å². The summed E-state index contributed by atoms with van der Waals surface area (Å²) < 4.78 is 1.97. The third kappa shape index (κ3) is 2.95. The molecule has 0 saturated heterocycles. The maximum Gasteiger partial charge on any atom is 0.153 e. The van der Waals surface area contributed by atoms with Crippen LogP contribution in [0.15, 0.2) is 54.9 Å². The van der Waals surface area contributed by atoms with Crippen LogP contribution in [0.3, 0.4) is 0 Å². The highest BCUT2D eigenvalue weighted by atomic mass is 35.5. The third-order valence-corrected chi connectivity index (χ3v) is 4.91. The Morgan fingerprint density at radius 2 is 2.04 bits per heavy atom. The molecule has 24 heavy (non-hydrogen) atoms.